The lowest BCUT2D eigenvalue weighted by Crippen LogP contribution is -1.86. The van der Waals surface area contributed by atoms with Crippen LogP contribution in [-0.4, -0.2) is 9.79 Å². The molecule has 0 aliphatic carbocycles. The standard InChI is InChI=1S/C6H4O6P2/c7-13(8)11-5-3-1-2-4-6(5)12-14(9)10/h1-4H/p+2. The van der Waals surface area contributed by atoms with Crippen molar-refractivity contribution in [2.45, 2.75) is 0 Å². The van der Waals surface area contributed by atoms with Gasteiger partial charge in [0.15, 0.2) is 0 Å². The predicted octanol–water partition coefficient (Wildman–Crippen LogP) is 1.74. The second kappa shape index (κ2) is 4.98. The van der Waals surface area contributed by atoms with Crippen molar-refractivity contribution in [2.24, 2.45) is 0 Å². The Bertz CT molecular complexity index is 330. The Morgan fingerprint density at radius 3 is 1.57 bits per heavy atom. The molecule has 2 N–H and O–H groups in total. The van der Waals surface area contributed by atoms with Gasteiger partial charge in [-0.2, -0.15) is 0 Å². The minimum absolute atomic E-state index is 0.0616. The highest BCUT2D eigenvalue weighted by Crippen LogP contribution is 2.36. The lowest BCUT2D eigenvalue weighted by molar-refractivity contribution is 0.384. The summed E-state index contributed by atoms with van der Waals surface area (Å²) >= 11 is 0. The summed E-state index contributed by atoms with van der Waals surface area (Å²) < 4.78 is 29.6. The van der Waals surface area contributed by atoms with E-state index in [1.54, 1.807) is 0 Å². The van der Waals surface area contributed by atoms with Gasteiger partial charge in [0, 0.05) is 9.13 Å². The molecule has 0 saturated carbocycles. The SMILES string of the molecule is O=[P+](O)Oc1ccccc1O[P+](=O)O. The molecule has 14 heavy (non-hydrogen) atoms. The van der Waals surface area contributed by atoms with E-state index in [2.05, 4.69) is 9.05 Å². The van der Waals surface area contributed by atoms with Gasteiger partial charge in [-0.05, 0) is 12.1 Å². The maximum Gasteiger partial charge on any atom is 0.747 e. The summed E-state index contributed by atoms with van der Waals surface area (Å²) in [5.74, 6) is -0.123. The van der Waals surface area contributed by atoms with Crippen LogP contribution < -0.4 is 9.05 Å². The predicted molar refractivity (Wildman–Crippen MR) is 47.3 cm³/mol. The molecule has 74 valence electrons. The molecule has 2 unspecified atom stereocenters. The van der Waals surface area contributed by atoms with E-state index >= 15 is 0 Å². The number of para-hydroxylation sites is 2. The molecule has 0 saturated heterocycles. The summed E-state index contributed by atoms with van der Waals surface area (Å²) in [5.41, 5.74) is 0. The van der Waals surface area contributed by atoms with Gasteiger partial charge in [0.2, 0.25) is 11.5 Å². The molecule has 6 nitrogen and oxygen atoms in total. The molecule has 1 rings (SSSR count). The van der Waals surface area contributed by atoms with Crippen LogP contribution >= 0.6 is 16.5 Å². The van der Waals surface area contributed by atoms with E-state index in [0.29, 0.717) is 0 Å². The van der Waals surface area contributed by atoms with Gasteiger partial charge in [-0.1, -0.05) is 12.1 Å². The first-order valence-corrected chi connectivity index (χ1v) is 5.63. The zero-order chi connectivity index (χ0) is 10.6. The Kier molecular flexibility index (Phi) is 3.92. The third kappa shape index (κ3) is 3.36. The van der Waals surface area contributed by atoms with Crippen molar-refractivity contribution in [3.05, 3.63) is 24.3 Å². The molecule has 0 fully saturated rings. The molecule has 1 aromatic rings. The van der Waals surface area contributed by atoms with Gasteiger partial charge in [0.1, 0.15) is 0 Å². The molecule has 0 radical (unpaired) electrons. The summed E-state index contributed by atoms with van der Waals surface area (Å²) in [6.45, 7) is 0. The Morgan fingerprint density at radius 1 is 0.929 bits per heavy atom. The molecule has 2 atom stereocenters. The number of hydrogen-bond donors (Lipinski definition) is 2. The van der Waals surface area contributed by atoms with E-state index in [0.717, 1.165) is 0 Å². The van der Waals surface area contributed by atoms with Gasteiger partial charge < -0.3 is 0 Å². The molecule has 0 bridgehead atoms. The Labute approximate surface area is 81.0 Å². The van der Waals surface area contributed by atoms with Crippen molar-refractivity contribution in [3.63, 3.8) is 0 Å². The number of benzene rings is 1. The summed E-state index contributed by atoms with van der Waals surface area (Å²) in [6.07, 6.45) is 0. The number of hydrogen-bond acceptors (Lipinski definition) is 4. The molecule has 0 spiro atoms. The summed E-state index contributed by atoms with van der Waals surface area (Å²) in [4.78, 5) is 16.9. The minimum Gasteiger partial charge on any atom is -0.225 e. The zero-order valence-corrected chi connectivity index (χ0v) is 8.52. The average Bonchev–Trinajstić information content (AvgIpc) is 2.06. The van der Waals surface area contributed by atoms with Crippen molar-refractivity contribution < 1.29 is 28.0 Å². The van der Waals surface area contributed by atoms with Crippen molar-refractivity contribution in [1.82, 2.24) is 0 Å². The van der Waals surface area contributed by atoms with Crippen LogP contribution in [0.1, 0.15) is 0 Å². The molecular formula is C6H6O6P2+2. The Balaban J connectivity index is 2.90. The summed E-state index contributed by atoms with van der Waals surface area (Å²) in [6, 6.07) is 5.76. The largest absolute Gasteiger partial charge is 0.747 e. The quantitative estimate of drug-likeness (QED) is 0.773. The molecule has 0 amide bonds. The molecule has 0 heterocycles. The van der Waals surface area contributed by atoms with Crippen LogP contribution in [0.3, 0.4) is 0 Å². The van der Waals surface area contributed by atoms with Gasteiger partial charge >= 0.3 is 16.5 Å². The van der Waals surface area contributed by atoms with E-state index in [9.17, 15) is 9.13 Å². The minimum atomic E-state index is -2.82. The third-order valence-corrected chi connectivity index (χ3v) is 1.91. The lowest BCUT2D eigenvalue weighted by atomic mass is 10.3. The second-order valence-corrected chi connectivity index (χ2v) is 3.42. The van der Waals surface area contributed by atoms with E-state index in [1.165, 1.54) is 24.3 Å². The normalized spacial score (nSPS) is 11.9. The first-order chi connectivity index (χ1) is 6.59. The van der Waals surface area contributed by atoms with Crippen LogP contribution in [0.15, 0.2) is 24.3 Å². The maximum absolute atomic E-state index is 10.3. The van der Waals surface area contributed by atoms with Crippen molar-refractivity contribution >= 4 is 16.5 Å². The van der Waals surface area contributed by atoms with Crippen molar-refractivity contribution in [3.8, 4) is 11.5 Å². The first-order valence-electron chi connectivity index (χ1n) is 3.37. The van der Waals surface area contributed by atoms with Gasteiger partial charge in [-0.3, -0.25) is 0 Å². The number of rotatable bonds is 4. The van der Waals surface area contributed by atoms with Crippen LogP contribution in [0.4, 0.5) is 0 Å². The second-order valence-electron chi connectivity index (χ2n) is 2.10. The molecule has 0 aliphatic heterocycles. The van der Waals surface area contributed by atoms with E-state index in [4.69, 9.17) is 9.79 Å². The maximum atomic E-state index is 10.3. The fourth-order valence-corrected chi connectivity index (χ4v) is 1.41. The van der Waals surface area contributed by atoms with E-state index < -0.39 is 16.5 Å². The van der Waals surface area contributed by atoms with E-state index in [-0.39, 0.29) is 11.5 Å². The van der Waals surface area contributed by atoms with Gasteiger partial charge in [0.25, 0.3) is 0 Å². The highest BCUT2D eigenvalue weighted by molar-refractivity contribution is 7.33. The zero-order valence-electron chi connectivity index (χ0n) is 6.73. The monoisotopic (exact) mass is 236 g/mol. The van der Waals surface area contributed by atoms with Gasteiger partial charge in [-0.25, -0.2) is 9.05 Å². The summed E-state index contributed by atoms with van der Waals surface area (Å²) in [5, 5.41) is 0. The summed E-state index contributed by atoms with van der Waals surface area (Å²) in [7, 11) is -5.65. The topological polar surface area (TPSA) is 93.1 Å². The van der Waals surface area contributed by atoms with Gasteiger partial charge in [0.05, 0.1) is 0 Å². The third-order valence-electron chi connectivity index (χ3n) is 1.20. The van der Waals surface area contributed by atoms with E-state index in [1.807, 2.05) is 0 Å². The molecule has 0 aromatic heterocycles. The highest BCUT2D eigenvalue weighted by atomic mass is 31.1. The fourth-order valence-electron chi connectivity index (χ4n) is 0.769. The Hall–Kier alpha value is -1.06. The highest BCUT2D eigenvalue weighted by Gasteiger charge is 2.24. The van der Waals surface area contributed by atoms with Crippen molar-refractivity contribution in [1.29, 1.82) is 0 Å². The smallest absolute Gasteiger partial charge is 0.225 e. The molecular weight excluding hydrogens is 230 g/mol. The van der Waals surface area contributed by atoms with Crippen LogP contribution in [0, 0.1) is 0 Å². The van der Waals surface area contributed by atoms with Crippen LogP contribution in [0.5, 0.6) is 11.5 Å². The van der Waals surface area contributed by atoms with Gasteiger partial charge in [-0.15, -0.1) is 9.79 Å². The first kappa shape index (κ1) is 11.0. The van der Waals surface area contributed by atoms with Crippen LogP contribution in [0.2, 0.25) is 0 Å². The van der Waals surface area contributed by atoms with Crippen molar-refractivity contribution in [2.75, 3.05) is 0 Å². The molecule has 0 aliphatic rings. The molecule has 1 aromatic carbocycles. The molecule has 8 heteroatoms. The average molecular weight is 236 g/mol. The fraction of sp³-hybridized carbons (Fsp3) is 0. The Morgan fingerprint density at radius 2 is 1.29 bits per heavy atom. The van der Waals surface area contributed by atoms with Crippen LogP contribution in [-0.2, 0) is 9.13 Å². The lowest BCUT2D eigenvalue weighted by Gasteiger charge is -1.94. The van der Waals surface area contributed by atoms with Crippen LogP contribution in [0.25, 0.3) is 0 Å².